The Labute approximate surface area is 106 Å². The predicted octanol–water partition coefficient (Wildman–Crippen LogP) is 3.66. The van der Waals surface area contributed by atoms with Crippen molar-refractivity contribution in [3.8, 4) is 5.75 Å². The molecule has 17 heavy (non-hydrogen) atoms. The first kappa shape index (κ1) is 13.8. The minimum absolute atomic E-state index is 0.290. The van der Waals surface area contributed by atoms with Gasteiger partial charge in [-0.25, -0.2) is 0 Å². The van der Waals surface area contributed by atoms with Gasteiger partial charge in [0.1, 0.15) is 5.75 Å². The van der Waals surface area contributed by atoms with Gasteiger partial charge < -0.3 is 9.84 Å². The second-order valence-electron chi connectivity index (χ2n) is 4.34. The summed E-state index contributed by atoms with van der Waals surface area (Å²) < 4.78 is 5.19. The van der Waals surface area contributed by atoms with Crippen LogP contribution in [0.3, 0.4) is 0 Å². The first-order valence-corrected chi connectivity index (χ1v) is 5.86. The van der Waals surface area contributed by atoms with E-state index in [0.717, 1.165) is 5.56 Å². The average Bonchev–Trinajstić information content (AvgIpc) is 2.26. The zero-order valence-corrected chi connectivity index (χ0v) is 11.2. The fourth-order valence-corrected chi connectivity index (χ4v) is 1.95. The summed E-state index contributed by atoms with van der Waals surface area (Å²) >= 11 is 6.11. The lowest BCUT2D eigenvalue weighted by Crippen LogP contribution is -2.10. The van der Waals surface area contributed by atoms with E-state index in [1.807, 2.05) is 26.0 Å². The van der Waals surface area contributed by atoms with Crippen molar-refractivity contribution < 1.29 is 14.6 Å². The number of halogens is 1. The Morgan fingerprint density at radius 3 is 2.35 bits per heavy atom. The highest BCUT2D eigenvalue weighted by molar-refractivity contribution is 6.32. The SMILES string of the molecule is COc1c(Cl)cc(C(C)C)cc1C(C)C(=O)O. The first-order valence-electron chi connectivity index (χ1n) is 5.48. The molecule has 94 valence electrons. The summed E-state index contributed by atoms with van der Waals surface area (Å²) in [6, 6.07) is 3.68. The second kappa shape index (κ2) is 5.41. The highest BCUT2D eigenvalue weighted by Gasteiger charge is 2.21. The van der Waals surface area contributed by atoms with Gasteiger partial charge in [-0.2, -0.15) is 0 Å². The monoisotopic (exact) mass is 256 g/mol. The highest BCUT2D eigenvalue weighted by atomic mass is 35.5. The molecule has 0 aliphatic heterocycles. The molecule has 0 amide bonds. The number of hydrogen-bond donors (Lipinski definition) is 1. The van der Waals surface area contributed by atoms with Crippen LogP contribution in [-0.2, 0) is 4.79 Å². The molecule has 0 aliphatic carbocycles. The number of carboxylic acids is 1. The van der Waals surface area contributed by atoms with E-state index in [1.54, 1.807) is 6.92 Å². The van der Waals surface area contributed by atoms with E-state index in [9.17, 15) is 4.79 Å². The maximum Gasteiger partial charge on any atom is 0.310 e. The molecule has 4 heteroatoms. The van der Waals surface area contributed by atoms with E-state index >= 15 is 0 Å². The third kappa shape index (κ3) is 2.91. The summed E-state index contributed by atoms with van der Waals surface area (Å²) in [5.41, 5.74) is 1.63. The van der Waals surface area contributed by atoms with Crippen molar-refractivity contribution in [2.75, 3.05) is 7.11 Å². The van der Waals surface area contributed by atoms with Gasteiger partial charge in [0.15, 0.2) is 0 Å². The van der Waals surface area contributed by atoms with Crippen molar-refractivity contribution in [3.63, 3.8) is 0 Å². The van der Waals surface area contributed by atoms with Gasteiger partial charge in [-0.3, -0.25) is 4.79 Å². The van der Waals surface area contributed by atoms with Crippen LogP contribution in [0.25, 0.3) is 0 Å². The Morgan fingerprint density at radius 1 is 1.35 bits per heavy atom. The molecular formula is C13H17ClO3. The van der Waals surface area contributed by atoms with E-state index in [-0.39, 0.29) is 5.92 Å². The van der Waals surface area contributed by atoms with Crippen molar-refractivity contribution >= 4 is 17.6 Å². The molecule has 1 N–H and O–H groups in total. The number of aliphatic carboxylic acids is 1. The van der Waals surface area contributed by atoms with Gasteiger partial charge in [0.05, 0.1) is 18.1 Å². The molecule has 0 bridgehead atoms. The van der Waals surface area contributed by atoms with Crippen LogP contribution in [0.2, 0.25) is 5.02 Å². The van der Waals surface area contributed by atoms with Crippen LogP contribution in [0.15, 0.2) is 12.1 Å². The molecule has 0 aromatic heterocycles. The van der Waals surface area contributed by atoms with E-state index in [1.165, 1.54) is 7.11 Å². The molecule has 0 saturated carbocycles. The number of ether oxygens (including phenoxy) is 1. The largest absolute Gasteiger partial charge is 0.495 e. The quantitative estimate of drug-likeness (QED) is 0.894. The summed E-state index contributed by atoms with van der Waals surface area (Å²) in [6.07, 6.45) is 0. The molecule has 0 saturated heterocycles. The van der Waals surface area contributed by atoms with Crippen LogP contribution >= 0.6 is 11.6 Å². The first-order chi connectivity index (χ1) is 7.88. The number of benzene rings is 1. The van der Waals surface area contributed by atoms with Crippen LogP contribution in [0.4, 0.5) is 0 Å². The van der Waals surface area contributed by atoms with Crippen molar-refractivity contribution in [1.29, 1.82) is 0 Å². The Balaban J connectivity index is 3.38. The Bertz CT molecular complexity index is 427. The number of carboxylic acid groups (broad SMARTS) is 1. The van der Waals surface area contributed by atoms with Crippen molar-refractivity contribution in [2.45, 2.75) is 32.6 Å². The van der Waals surface area contributed by atoms with Crippen LogP contribution in [-0.4, -0.2) is 18.2 Å². The summed E-state index contributed by atoms with van der Waals surface area (Å²) in [6.45, 7) is 5.70. The van der Waals surface area contributed by atoms with E-state index in [4.69, 9.17) is 21.4 Å². The van der Waals surface area contributed by atoms with Gasteiger partial charge in [0.2, 0.25) is 0 Å². The zero-order valence-electron chi connectivity index (χ0n) is 10.5. The number of hydrogen-bond acceptors (Lipinski definition) is 2. The molecule has 1 aromatic carbocycles. The zero-order chi connectivity index (χ0) is 13.2. The molecule has 1 atom stereocenters. The molecule has 0 fully saturated rings. The summed E-state index contributed by atoms with van der Waals surface area (Å²) in [4.78, 5) is 11.1. The molecule has 1 rings (SSSR count). The lowest BCUT2D eigenvalue weighted by atomic mass is 9.94. The van der Waals surface area contributed by atoms with Crippen molar-refractivity contribution in [2.24, 2.45) is 0 Å². The number of carbonyl (C=O) groups is 1. The molecular weight excluding hydrogens is 240 g/mol. The van der Waals surface area contributed by atoms with Gasteiger partial charge in [-0.05, 0) is 24.5 Å². The fraction of sp³-hybridized carbons (Fsp3) is 0.462. The minimum atomic E-state index is -0.889. The van der Waals surface area contributed by atoms with Gasteiger partial charge in [0.25, 0.3) is 0 Å². The average molecular weight is 257 g/mol. The van der Waals surface area contributed by atoms with Crippen molar-refractivity contribution in [3.05, 3.63) is 28.3 Å². The maximum absolute atomic E-state index is 11.1. The van der Waals surface area contributed by atoms with Crippen LogP contribution in [0.5, 0.6) is 5.75 Å². The number of rotatable bonds is 4. The smallest absolute Gasteiger partial charge is 0.310 e. The molecule has 1 aromatic rings. The van der Waals surface area contributed by atoms with Gasteiger partial charge in [-0.1, -0.05) is 31.5 Å². The van der Waals surface area contributed by atoms with E-state index in [2.05, 4.69) is 0 Å². The van der Waals surface area contributed by atoms with Crippen LogP contribution in [0, 0.1) is 0 Å². The Hall–Kier alpha value is -1.22. The maximum atomic E-state index is 11.1. The topological polar surface area (TPSA) is 46.5 Å². The lowest BCUT2D eigenvalue weighted by Gasteiger charge is -2.17. The third-order valence-corrected chi connectivity index (χ3v) is 3.08. The fourth-order valence-electron chi connectivity index (χ4n) is 1.64. The third-order valence-electron chi connectivity index (χ3n) is 2.80. The molecule has 1 unspecified atom stereocenters. The summed E-state index contributed by atoms with van der Waals surface area (Å²) in [5.74, 6) is -0.787. The standard InChI is InChI=1S/C13H17ClO3/c1-7(2)9-5-10(8(3)13(15)16)12(17-4)11(14)6-9/h5-8H,1-4H3,(H,15,16). The lowest BCUT2D eigenvalue weighted by molar-refractivity contribution is -0.138. The molecule has 0 heterocycles. The van der Waals surface area contributed by atoms with Gasteiger partial charge in [-0.15, -0.1) is 0 Å². The van der Waals surface area contributed by atoms with E-state index in [0.29, 0.717) is 16.3 Å². The highest BCUT2D eigenvalue weighted by Crippen LogP contribution is 2.36. The second-order valence-corrected chi connectivity index (χ2v) is 4.75. The van der Waals surface area contributed by atoms with Crippen LogP contribution < -0.4 is 4.74 Å². The van der Waals surface area contributed by atoms with Gasteiger partial charge >= 0.3 is 5.97 Å². The summed E-state index contributed by atoms with van der Waals surface area (Å²) in [5, 5.41) is 9.54. The Morgan fingerprint density at radius 2 is 1.94 bits per heavy atom. The number of methoxy groups -OCH3 is 1. The van der Waals surface area contributed by atoms with Crippen LogP contribution in [0.1, 0.15) is 43.7 Å². The molecule has 0 radical (unpaired) electrons. The molecule has 0 spiro atoms. The minimum Gasteiger partial charge on any atom is -0.495 e. The predicted molar refractivity (Wildman–Crippen MR) is 68.1 cm³/mol. The van der Waals surface area contributed by atoms with E-state index < -0.39 is 11.9 Å². The summed E-state index contributed by atoms with van der Waals surface area (Å²) in [7, 11) is 1.49. The van der Waals surface area contributed by atoms with Crippen molar-refractivity contribution in [1.82, 2.24) is 0 Å². The molecule has 0 aliphatic rings. The molecule has 3 nitrogen and oxygen atoms in total. The normalized spacial score (nSPS) is 12.6. The Kier molecular flexibility index (Phi) is 4.40. The van der Waals surface area contributed by atoms with Gasteiger partial charge in [0, 0.05) is 5.56 Å².